The predicted octanol–water partition coefficient (Wildman–Crippen LogP) is 2.69. The van der Waals surface area contributed by atoms with E-state index in [1.807, 2.05) is 43.3 Å². The fourth-order valence-corrected chi connectivity index (χ4v) is 1.86. The van der Waals surface area contributed by atoms with Crippen LogP contribution in [-0.2, 0) is 11.2 Å². The van der Waals surface area contributed by atoms with Gasteiger partial charge in [0.1, 0.15) is 5.75 Å². The summed E-state index contributed by atoms with van der Waals surface area (Å²) in [4.78, 5) is 17.8. The van der Waals surface area contributed by atoms with E-state index < -0.39 is 0 Å². The lowest BCUT2D eigenvalue weighted by Crippen LogP contribution is -2.27. The van der Waals surface area contributed by atoms with E-state index in [0.29, 0.717) is 13.0 Å². The second-order valence-electron chi connectivity index (χ2n) is 4.42. The third kappa shape index (κ3) is 3.57. The van der Waals surface area contributed by atoms with Crippen molar-refractivity contribution < 1.29 is 9.53 Å². The molecule has 0 bridgehead atoms. The van der Waals surface area contributed by atoms with Crippen molar-refractivity contribution in [3.8, 4) is 5.75 Å². The van der Waals surface area contributed by atoms with Crippen molar-refractivity contribution >= 4 is 11.6 Å². The maximum Gasteiger partial charge on any atom is 0.231 e. The second kappa shape index (κ2) is 6.70. The van der Waals surface area contributed by atoms with Crippen molar-refractivity contribution in [2.45, 2.75) is 13.3 Å². The van der Waals surface area contributed by atoms with Crippen LogP contribution in [-0.4, -0.2) is 24.5 Å². The number of ether oxygens (including phenoxy) is 1. The van der Waals surface area contributed by atoms with Gasteiger partial charge in [-0.3, -0.25) is 9.78 Å². The first kappa shape index (κ1) is 14.1. The molecule has 0 aliphatic carbocycles. The third-order valence-electron chi connectivity index (χ3n) is 3.00. The van der Waals surface area contributed by atoms with Gasteiger partial charge in [0.2, 0.25) is 5.91 Å². The summed E-state index contributed by atoms with van der Waals surface area (Å²) in [7, 11) is 1.76. The van der Waals surface area contributed by atoms with E-state index in [-0.39, 0.29) is 5.91 Å². The van der Waals surface area contributed by atoms with Crippen LogP contribution in [0.5, 0.6) is 5.75 Å². The lowest BCUT2D eigenvalue weighted by atomic mass is 10.1. The predicted molar refractivity (Wildman–Crippen MR) is 79.0 cm³/mol. The zero-order valence-electron chi connectivity index (χ0n) is 11.7. The smallest absolute Gasteiger partial charge is 0.231 e. The minimum atomic E-state index is 0.0298. The van der Waals surface area contributed by atoms with E-state index in [1.54, 1.807) is 24.3 Å². The minimum absolute atomic E-state index is 0.0298. The lowest BCUT2D eigenvalue weighted by Gasteiger charge is -2.16. The van der Waals surface area contributed by atoms with Crippen molar-refractivity contribution in [3.63, 3.8) is 0 Å². The van der Waals surface area contributed by atoms with Crippen LogP contribution < -0.4 is 9.64 Å². The standard InChI is InChI=1S/C16H18N2O2/c1-3-20-15-8-6-13(7-9-15)11-16(19)18(2)14-5-4-10-17-12-14/h4-10,12H,3,11H2,1-2H3. The Balaban J connectivity index is 2.00. The molecule has 1 amide bonds. The highest BCUT2D eigenvalue weighted by Crippen LogP contribution is 2.15. The van der Waals surface area contributed by atoms with Crippen molar-refractivity contribution in [1.29, 1.82) is 0 Å². The Labute approximate surface area is 119 Å². The molecule has 0 atom stereocenters. The maximum atomic E-state index is 12.2. The van der Waals surface area contributed by atoms with Gasteiger partial charge in [-0.25, -0.2) is 0 Å². The van der Waals surface area contributed by atoms with Gasteiger partial charge in [-0.2, -0.15) is 0 Å². The number of aromatic nitrogens is 1. The van der Waals surface area contributed by atoms with E-state index >= 15 is 0 Å². The molecule has 1 aromatic heterocycles. The molecule has 0 fully saturated rings. The first-order valence-corrected chi connectivity index (χ1v) is 6.59. The van der Waals surface area contributed by atoms with Gasteiger partial charge in [0.05, 0.1) is 24.9 Å². The molecule has 4 heteroatoms. The fraction of sp³-hybridized carbons (Fsp3) is 0.250. The minimum Gasteiger partial charge on any atom is -0.494 e. The van der Waals surface area contributed by atoms with Gasteiger partial charge in [0.15, 0.2) is 0 Å². The van der Waals surface area contributed by atoms with Gasteiger partial charge in [0.25, 0.3) is 0 Å². The molecule has 1 heterocycles. The number of carbonyl (C=O) groups is 1. The average Bonchev–Trinajstić information content (AvgIpc) is 2.49. The summed E-state index contributed by atoms with van der Waals surface area (Å²) in [5, 5.41) is 0. The van der Waals surface area contributed by atoms with Crippen LogP contribution in [0.15, 0.2) is 48.8 Å². The molecule has 1 aromatic carbocycles. The molecule has 0 saturated heterocycles. The van der Waals surface area contributed by atoms with Gasteiger partial charge >= 0.3 is 0 Å². The second-order valence-corrected chi connectivity index (χ2v) is 4.42. The Morgan fingerprint density at radius 1 is 1.25 bits per heavy atom. The van der Waals surface area contributed by atoms with E-state index in [4.69, 9.17) is 4.74 Å². The van der Waals surface area contributed by atoms with Crippen molar-refractivity contribution in [3.05, 3.63) is 54.4 Å². The Bertz CT molecular complexity index is 552. The molecular formula is C16H18N2O2. The van der Waals surface area contributed by atoms with Gasteiger partial charge in [-0.1, -0.05) is 12.1 Å². The highest BCUT2D eigenvalue weighted by molar-refractivity contribution is 5.94. The van der Waals surface area contributed by atoms with Crippen LogP contribution in [0.1, 0.15) is 12.5 Å². The van der Waals surface area contributed by atoms with Crippen LogP contribution >= 0.6 is 0 Å². The van der Waals surface area contributed by atoms with Crippen LogP contribution in [0.4, 0.5) is 5.69 Å². The number of hydrogen-bond donors (Lipinski definition) is 0. The Kier molecular flexibility index (Phi) is 4.71. The highest BCUT2D eigenvalue weighted by Gasteiger charge is 2.11. The molecule has 0 radical (unpaired) electrons. The van der Waals surface area contributed by atoms with E-state index in [9.17, 15) is 4.79 Å². The van der Waals surface area contributed by atoms with Gasteiger partial charge in [-0.15, -0.1) is 0 Å². The molecule has 0 spiro atoms. The van der Waals surface area contributed by atoms with Crippen molar-refractivity contribution in [2.75, 3.05) is 18.6 Å². The summed E-state index contributed by atoms with van der Waals surface area (Å²) in [6, 6.07) is 11.3. The van der Waals surface area contributed by atoms with Gasteiger partial charge < -0.3 is 9.64 Å². The third-order valence-corrected chi connectivity index (χ3v) is 3.00. The molecule has 2 aromatic rings. The Morgan fingerprint density at radius 2 is 2.00 bits per heavy atom. The van der Waals surface area contributed by atoms with Crippen LogP contribution in [0.3, 0.4) is 0 Å². The Hall–Kier alpha value is -2.36. The summed E-state index contributed by atoms with van der Waals surface area (Å²) < 4.78 is 5.38. The number of carbonyl (C=O) groups excluding carboxylic acids is 1. The molecule has 0 aliphatic heterocycles. The van der Waals surface area contributed by atoms with Gasteiger partial charge in [0, 0.05) is 13.2 Å². The molecule has 0 aliphatic rings. The topological polar surface area (TPSA) is 42.4 Å². The van der Waals surface area contributed by atoms with E-state index in [1.165, 1.54) is 0 Å². The normalized spacial score (nSPS) is 10.1. The molecule has 4 nitrogen and oxygen atoms in total. The zero-order valence-corrected chi connectivity index (χ0v) is 11.7. The van der Waals surface area contributed by atoms with E-state index in [0.717, 1.165) is 17.0 Å². The summed E-state index contributed by atoms with van der Waals surface area (Å²) in [5.41, 5.74) is 1.76. The van der Waals surface area contributed by atoms with Crippen LogP contribution in [0.25, 0.3) is 0 Å². The summed E-state index contributed by atoms with van der Waals surface area (Å²) in [6.45, 7) is 2.59. The van der Waals surface area contributed by atoms with Gasteiger partial charge in [-0.05, 0) is 36.8 Å². The average molecular weight is 270 g/mol. The first-order valence-electron chi connectivity index (χ1n) is 6.59. The van der Waals surface area contributed by atoms with Crippen LogP contribution in [0, 0.1) is 0 Å². The first-order chi connectivity index (χ1) is 9.70. The number of anilines is 1. The summed E-state index contributed by atoms with van der Waals surface area (Å²) >= 11 is 0. The number of hydrogen-bond acceptors (Lipinski definition) is 3. The van der Waals surface area contributed by atoms with Crippen molar-refractivity contribution in [1.82, 2.24) is 4.98 Å². The molecule has 0 unspecified atom stereocenters. The monoisotopic (exact) mass is 270 g/mol. The quantitative estimate of drug-likeness (QED) is 0.839. The number of nitrogens with zero attached hydrogens (tertiary/aromatic N) is 2. The molecule has 104 valence electrons. The molecular weight excluding hydrogens is 252 g/mol. The van der Waals surface area contributed by atoms with Crippen LogP contribution in [0.2, 0.25) is 0 Å². The van der Waals surface area contributed by atoms with Crippen molar-refractivity contribution in [2.24, 2.45) is 0 Å². The molecule has 20 heavy (non-hydrogen) atoms. The SMILES string of the molecule is CCOc1ccc(CC(=O)N(C)c2cccnc2)cc1. The summed E-state index contributed by atoms with van der Waals surface area (Å²) in [6.07, 6.45) is 3.72. The largest absolute Gasteiger partial charge is 0.494 e. The zero-order chi connectivity index (χ0) is 14.4. The highest BCUT2D eigenvalue weighted by atomic mass is 16.5. The molecule has 0 saturated carbocycles. The number of pyridine rings is 1. The molecule has 2 rings (SSSR count). The van der Waals surface area contributed by atoms with E-state index in [2.05, 4.69) is 4.98 Å². The number of likely N-dealkylation sites (N-methyl/N-ethyl adjacent to an activating group) is 1. The molecule has 0 N–H and O–H groups in total. The number of rotatable bonds is 5. The lowest BCUT2D eigenvalue weighted by molar-refractivity contribution is -0.117. The maximum absolute atomic E-state index is 12.2. The number of benzene rings is 1. The number of amides is 1. The Morgan fingerprint density at radius 3 is 2.60 bits per heavy atom. The summed E-state index contributed by atoms with van der Waals surface area (Å²) in [5.74, 6) is 0.853. The fourth-order valence-electron chi connectivity index (χ4n) is 1.86.